The van der Waals surface area contributed by atoms with Crippen LogP contribution in [-0.4, -0.2) is 17.1 Å². The second-order valence-corrected chi connectivity index (χ2v) is 5.87. The van der Waals surface area contributed by atoms with Gasteiger partial charge in [0.15, 0.2) is 0 Å². The summed E-state index contributed by atoms with van der Waals surface area (Å²) < 4.78 is 0. The van der Waals surface area contributed by atoms with Gasteiger partial charge in [-0.25, -0.2) is 0 Å². The first-order valence-corrected chi connectivity index (χ1v) is 6.34. The summed E-state index contributed by atoms with van der Waals surface area (Å²) in [5.74, 6) is 0. The molecular weight excluding hydrogens is 232 g/mol. The van der Waals surface area contributed by atoms with Crippen LogP contribution in [-0.2, 0) is 6.42 Å². The fraction of sp³-hybridized carbons (Fsp3) is 0.429. The Kier molecular flexibility index (Phi) is 3.45. The molecule has 2 rings (SSSR count). The van der Waals surface area contributed by atoms with Crippen LogP contribution in [0.25, 0.3) is 10.9 Å². The highest BCUT2D eigenvalue weighted by Crippen LogP contribution is 2.22. The van der Waals surface area contributed by atoms with Crippen molar-refractivity contribution in [2.45, 2.75) is 32.7 Å². The Balaban J connectivity index is 2.11. The van der Waals surface area contributed by atoms with Gasteiger partial charge in [-0.05, 0) is 57.5 Å². The van der Waals surface area contributed by atoms with Crippen LogP contribution in [0.2, 0.25) is 5.02 Å². The first kappa shape index (κ1) is 12.5. The fourth-order valence-corrected chi connectivity index (χ4v) is 2.10. The highest BCUT2D eigenvalue weighted by atomic mass is 35.5. The molecule has 1 aromatic heterocycles. The minimum atomic E-state index is 0.170. The van der Waals surface area contributed by atoms with Gasteiger partial charge in [0.25, 0.3) is 0 Å². The molecule has 0 aliphatic heterocycles. The molecule has 0 bridgehead atoms. The zero-order valence-corrected chi connectivity index (χ0v) is 11.4. The molecule has 0 atom stereocenters. The van der Waals surface area contributed by atoms with E-state index in [0.29, 0.717) is 0 Å². The molecule has 0 spiro atoms. The van der Waals surface area contributed by atoms with Gasteiger partial charge in [0.05, 0.1) is 0 Å². The number of hydrogen-bond donors (Lipinski definition) is 2. The molecular formula is C14H19ClN2. The molecule has 0 aliphatic carbocycles. The van der Waals surface area contributed by atoms with E-state index in [1.807, 2.05) is 18.2 Å². The Bertz CT molecular complexity index is 508. The Morgan fingerprint density at radius 2 is 2.06 bits per heavy atom. The van der Waals surface area contributed by atoms with E-state index in [0.717, 1.165) is 23.5 Å². The molecule has 0 radical (unpaired) electrons. The number of fused-ring (bicyclic) bond motifs is 1. The number of H-pyrrole nitrogens is 1. The Hall–Kier alpha value is -0.990. The smallest absolute Gasteiger partial charge is 0.0457 e. The average Bonchev–Trinajstić information content (AvgIpc) is 2.59. The van der Waals surface area contributed by atoms with Crippen molar-refractivity contribution in [1.82, 2.24) is 10.3 Å². The van der Waals surface area contributed by atoms with Crippen molar-refractivity contribution in [3.63, 3.8) is 0 Å². The van der Waals surface area contributed by atoms with Gasteiger partial charge in [-0.2, -0.15) is 0 Å². The van der Waals surface area contributed by atoms with E-state index < -0.39 is 0 Å². The van der Waals surface area contributed by atoms with Gasteiger partial charge in [-0.3, -0.25) is 0 Å². The lowest BCUT2D eigenvalue weighted by Gasteiger charge is -2.20. The highest BCUT2D eigenvalue weighted by molar-refractivity contribution is 6.31. The number of hydrogen-bond acceptors (Lipinski definition) is 1. The van der Waals surface area contributed by atoms with E-state index >= 15 is 0 Å². The average molecular weight is 251 g/mol. The Labute approximate surface area is 107 Å². The Morgan fingerprint density at radius 3 is 2.76 bits per heavy atom. The van der Waals surface area contributed by atoms with Crippen molar-refractivity contribution in [3.8, 4) is 0 Å². The minimum Gasteiger partial charge on any atom is -0.361 e. The highest BCUT2D eigenvalue weighted by Gasteiger charge is 2.09. The van der Waals surface area contributed by atoms with E-state index in [1.54, 1.807) is 0 Å². The third-order valence-corrected chi connectivity index (χ3v) is 3.01. The van der Waals surface area contributed by atoms with Crippen LogP contribution in [0.5, 0.6) is 0 Å². The molecule has 0 aliphatic rings. The summed E-state index contributed by atoms with van der Waals surface area (Å²) in [7, 11) is 0. The number of benzene rings is 1. The van der Waals surface area contributed by atoms with Crippen molar-refractivity contribution in [2.24, 2.45) is 0 Å². The molecule has 2 aromatic rings. The number of aromatic amines is 1. The van der Waals surface area contributed by atoms with Gasteiger partial charge in [-0.1, -0.05) is 11.6 Å². The molecule has 0 saturated carbocycles. The molecule has 1 aromatic carbocycles. The predicted octanol–water partition coefficient (Wildman–Crippen LogP) is 3.75. The molecule has 0 amide bonds. The van der Waals surface area contributed by atoms with Crippen LogP contribution in [0, 0.1) is 0 Å². The summed E-state index contributed by atoms with van der Waals surface area (Å²) in [5, 5.41) is 5.52. The quantitative estimate of drug-likeness (QED) is 0.853. The molecule has 2 nitrogen and oxygen atoms in total. The van der Waals surface area contributed by atoms with Crippen LogP contribution in [0.4, 0.5) is 0 Å². The normalized spacial score (nSPS) is 12.2. The van der Waals surface area contributed by atoms with Crippen molar-refractivity contribution in [2.75, 3.05) is 6.54 Å². The summed E-state index contributed by atoms with van der Waals surface area (Å²) in [6.07, 6.45) is 3.09. The van der Waals surface area contributed by atoms with Crippen LogP contribution >= 0.6 is 11.6 Å². The summed E-state index contributed by atoms with van der Waals surface area (Å²) in [6, 6.07) is 5.97. The van der Waals surface area contributed by atoms with Gasteiger partial charge >= 0.3 is 0 Å². The first-order valence-electron chi connectivity index (χ1n) is 5.96. The molecule has 2 N–H and O–H groups in total. The summed E-state index contributed by atoms with van der Waals surface area (Å²) in [6.45, 7) is 7.51. The van der Waals surface area contributed by atoms with Gasteiger partial charge in [0.2, 0.25) is 0 Å². The lowest BCUT2D eigenvalue weighted by Crippen LogP contribution is -2.37. The van der Waals surface area contributed by atoms with Crippen LogP contribution in [0.3, 0.4) is 0 Å². The molecule has 92 valence electrons. The monoisotopic (exact) mass is 250 g/mol. The lowest BCUT2D eigenvalue weighted by atomic mass is 10.1. The maximum absolute atomic E-state index is 6.02. The summed E-state index contributed by atoms with van der Waals surface area (Å²) in [5.41, 5.74) is 2.64. The maximum Gasteiger partial charge on any atom is 0.0457 e. The number of halogens is 1. The number of nitrogens with one attached hydrogen (secondary N) is 2. The van der Waals surface area contributed by atoms with Crippen molar-refractivity contribution in [3.05, 3.63) is 35.0 Å². The molecule has 17 heavy (non-hydrogen) atoms. The minimum absolute atomic E-state index is 0.170. The SMILES string of the molecule is CC(C)(C)NCCc1c[nH]c2ccc(Cl)cc12. The zero-order chi connectivity index (χ0) is 12.5. The van der Waals surface area contributed by atoms with Gasteiger partial charge < -0.3 is 10.3 Å². The molecule has 0 unspecified atom stereocenters. The van der Waals surface area contributed by atoms with E-state index in [-0.39, 0.29) is 5.54 Å². The van der Waals surface area contributed by atoms with Crippen LogP contribution in [0.15, 0.2) is 24.4 Å². The second-order valence-electron chi connectivity index (χ2n) is 5.43. The second kappa shape index (κ2) is 4.71. The summed E-state index contributed by atoms with van der Waals surface area (Å²) >= 11 is 6.02. The Morgan fingerprint density at radius 1 is 1.29 bits per heavy atom. The maximum atomic E-state index is 6.02. The first-order chi connectivity index (χ1) is 7.96. The van der Waals surface area contributed by atoms with E-state index in [9.17, 15) is 0 Å². The largest absolute Gasteiger partial charge is 0.361 e. The van der Waals surface area contributed by atoms with Crippen molar-refractivity contribution in [1.29, 1.82) is 0 Å². The van der Waals surface area contributed by atoms with Gasteiger partial charge in [0, 0.05) is 27.7 Å². The van der Waals surface area contributed by atoms with E-state index in [2.05, 4.69) is 37.3 Å². The third-order valence-electron chi connectivity index (χ3n) is 2.78. The van der Waals surface area contributed by atoms with Gasteiger partial charge in [-0.15, -0.1) is 0 Å². The zero-order valence-electron chi connectivity index (χ0n) is 10.6. The predicted molar refractivity (Wildman–Crippen MR) is 74.8 cm³/mol. The molecule has 0 fully saturated rings. The molecule has 3 heteroatoms. The number of rotatable bonds is 3. The standard InChI is InChI=1S/C14H19ClN2/c1-14(2,3)17-7-6-10-9-16-13-5-4-11(15)8-12(10)13/h4-5,8-9,16-17H,6-7H2,1-3H3. The van der Waals surface area contributed by atoms with Crippen molar-refractivity contribution < 1.29 is 0 Å². The molecule has 0 saturated heterocycles. The van der Waals surface area contributed by atoms with Crippen LogP contribution < -0.4 is 5.32 Å². The third kappa shape index (κ3) is 3.24. The molecule has 1 heterocycles. The lowest BCUT2D eigenvalue weighted by molar-refractivity contribution is 0.430. The topological polar surface area (TPSA) is 27.8 Å². The number of aromatic nitrogens is 1. The van der Waals surface area contributed by atoms with Gasteiger partial charge in [0.1, 0.15) is 0 Å². The van der Waals surface area contributed by atoms with E-state index in [1.165, 1.54) is 10.9 Å². The van der Waals surface area contributed by atoms with E-state index in [4.69, 9.17) is 11.6 Å². The summed E-state index contributed by atoms with van der Waals surface area (Å²) in [4.78, 5) is 3.28. The fourth-order valence-electron chi connectivity index (χ4n) is 1.93. The van der Waals surface area contributed by atoms with Crippen LogP contribution in [0.1, 0.15) is 26.3 Å². The van der Waals surface area contributed by atoms with Crippen molar-refractivity contribution >= 4 is 22.5 Å².